The van der Waals surface area contributed by atoms with Gasteiger partial charge in [-0.2, -0.15) is 0 Å². The molecule has 0 unspecified atom stereocenters. The number of benzene rings is 3. The van der Waals surface area contributed by atoms with Crippen molar-refractivity contribution in [2.75, 3.05) is 0 Å². The van der Waals surface area contributed by atoms with Crippen molar-refractivity contribution in [3.63, 3.8) is 0 Å². The quantitative estimate of drug-likeness (QED) is 0.510. The zero-order chi connectivity index (χ0) is 19.3. The molecule has 0 amide bonds. The van der Waals surface area contributed by atoms with Crippen LogP contribution >= 0.6 is 0 Å². The third-order valence-corrected chi connectivity index (χ3v) is 5.09. The molecule has 3 heteroatoms. The van der Waals surface area contributed by atoms with Gasteiger partial charge in [-0.3, -0.25) is 0 Å². The van der Waals surface area contributed by atoms with E-state index in [-0.39, 0.29) is 13.2 Å². The van der Waals surface area contributed by atoms with Crippen molar-refractivity contribution in [2.24, 2.45) is 0 Å². The van der Waals surface area contributed by atoms with E-state index in [0.29, 0.717) is 6.54 Å². The van der Waals surface area contributed by atoms with Crippen LogP contribution in [0.4, 0.5) is 0 Å². The summed E-state index contributed by atoms with van der Waals surface area (Å²) in [7, 11) is 0. The summed E-state index contributed by atoms with van der Waals surface area (Å²) >= 11 is 0. The molecule has 1 aromatic heterocycles. The van der Waals surface area contributed by atoms with Crippen LogP contribution in [0.25, 0.3) is 22.3 Å². The molecule has 0 bridgehead atoms. The molecular weight excluding hydrogens is 346 g/mol. The molecule has 0 saturated heterocycles. The van der Waals surface area contributed by atoms with Gasteiger partial charge in [0.1, 0.15) is 0 Å². The van der Waals surface area contributed by atoms with Crippen molar-refractivity contribution in [2.45, 2.75) is 19.8 Å². The van der Waals surface area contributed by atoms with Crippen molar-refractivity contribution >= 4 is 0 Å². The SMILES string of the molecule is OCc1c(-c2ccccc2)c(-c2ccccc2)c(CO)n1Cc1ccccc1. The Morgan fingerprint density at radius 1 is 0.536 bits per heavy atom. The summed E-state index contributed by atoms with van der Waals surface area (Å²) in [4.78, 5) is 0. The van der Waals surface area contributed by atoms with E-state index in [4.69, 9.17) is 0 Å². The minimum atomic E-state index is -0.100. The molecule has 0 saturated carbocycles. The predicted molar refractivity (Wildman–Crippen MR) is 113 cm³/mol. The van der Waals surface area contributed by atoms with Crippen molar-refractivity contribution in [3.05, 3.63) is 108 Å². The molecule has 3 nitrogen and oxygen atoms in total. The molecule has 4 rings (SSSR count). The normalized spacial score (nSPS) is 10.9. The van der Waals surface area contributed by atoms with Gasteiger partial charge in [-0.1, -0.05) is 91.0 Å². The second-order valence-electron chi connectivity index (χ2n) is 6.76. The lowest BCUT2D eigenvalue weighted by molar-refractivity contribution is 0.258. The standard InChI is InChI=1S/C25H23NO2/c27-17-22-24(20-12-6-2-7-13-20)25(21-14-8-3-9-15-21)23(18-28)26(22)16-19-10-4-1-5-11-19/h1-15,27-28H,16-18H2. The fourth-order valence-electron chi connectivity index (χ4n) is 3.84. The highest BCUT2D eigenvalue weighted by Crippen LogP contribution is 2.40. The largest absolute Gasteiger partial charge is 0.390 e. The lowest BCUT2D eigenvalue weighted by atomic mass is 9.95. The van der Waals surface area contributed by atoms with E-state index >= 15 is 0 Å². The summed E-state index contributed by atoms with van der Waals surface area (Å²) in [5.74, 6) is 0. The zero-order valence-electron chi connectivity index (χ0n) is 15.6. The van der Waals surface area contributed by atoms with E-state index < -0.39 is 0 Å². The smallest absolute Gasteiger partial charge is 0.0839 e. The van der Waals surface area contributed by atoms with Crippen LogP contribution in [0.15, 0.2) is 91.0 Å². The maximum Gasteiger partial charge on any atom is 0.0839 e. The third-order valence-electron chi connectivity index (χ3n) is 5.09. The summed E-state index contributed by atoms with van der Waals surface area (Å²) in [5.41, 5.74) is 6.79. The average molecular weight is 369 g/mol. The van der Waals surface area contributed by atoms with Gasteiger partial charge in [-0.05, 0) is 16.7 Å². The van der Waals surface area contributed by atoms with Gasteiger partial charge in [0.25, 0.3) is 0 Å². The fraction of sp³-hybridized carbons (Fsp3) is 0.120. The monoisotopic (exact) mass is 369 g/mol. The van der Waals surface area contributed by atoms with Crippen LogP contribution in [0.2, 0.25) is 0 Å². The molecular formula is C25H23NO2. The van der Waals surface area contributed by atoms with E-state index in [9.17, 15) is 10.2 Å². The first kappa shape index (κ1) is 18.2. The molecule has 0 aliphatic rings. The highest BCUT2D eigenvalue weighted by atomic mass is 16.3. The van der Waals surface area contributed by atoms with Crippen LogP contribution in [0.1, 0.15) is 17.0 Å². The van der Waals surface area contributed by atoms with Crippen LogP contribution in [0.3, 0.4) is 0 Å². The lowest BCUT2D eigenvalue weighted by Gasteiger charge is -2.12. The molecule has 0 aliphatic carbocycles. The van der Waals surface area contributed by atoms with Crippen LogP contribution in [-0.2, 0) is 19.8 Å². The molecule has 2 N–H and O–H groups in total. The molecule has 0 atom stereocenters. The Bertz CT molecular complexity index is 973. The second kappa shape index (κ2) is 8.26. The lowest BCUT2D eigenvalue weighted by Crippen LogP contribution is -2.09. The van der Waals surface area contributed by atoms with Crippen molar-refractivity contribution < 1.29 is 10.2 Å². The number of hydrogen-bond donors (Lipinski definition) is 2. The summed E-state index contributed by atoms with van der Waals surface area (Å²) in [6.07, 6.45) is 0. The minimum Gasteiger partial charge on any atom is -0.390 e. The van der Waals surface area contributed by atoms with Crippen LogP contribution in [-0.4, -0.2) is 14.8 Å². The number of aliphatic hydroxyl groups excluding tert-OH is 2. The molecule has 0 aliphatic heterocycles. The Labute approximate surface area is 165 Å². The number of hydrogen-bond acceptors (Lipinski definition) is 2. The molecule has 1 heterocycles. The van der Waals surface area contributed by atoms with E-state index in [2.05, 4.69) is 41.0 Å². The van der Waals surface area contributed by atoms with Crippen molar-refractivity contribution in [3.8, 4) is 22.3 Å². The van der Waals surface area contributed by atoms with Crippen LogP contribution < -0.4 is 0 Å². The first-order valence-electron chi connectivity index (χ1n) is 9.44. The maximum absolute atomic E-state index is 10.3. The van der Waals surface area contributed by atoms with Crippen LogP contribution in [0.5, 0.6) is 0 Å². The Balaban J connectivity index is 2.00. The minimum absolute atomic E-state index is 0.100. The van der Waals surface area contributed by atoms with Gasteiger partial charge in [0, 0.05) is 17.7 Å². The number of rotatable bonds is 6. The van der Waals surface area contributed by atoms with E-state index in [1.165, 1.54) is 0 Å². The topological polar surface area (TPSA) is 45.4 Å². The number of aliphatic hydroxyl groups is 2. The van der Waals surface area contributed by atoms with Crippen LogP contribution in [0, 0.1) is 0 Å². The van der Waals surface area contributed by atoms with Gasteiger partial charge in [0.05, 0.1) is 24.6 Å². The highest BCUT2D eigenvalue weighted by molar-refractivity contribution is 5.88. The van der Waals surface area contributed by atoms with E-state index in [0.717, 1.165) is 39.2 Å². The predicted octanol–water partition coefficient (Wildman–Crippen LogP) is 4.86. The van der Waals surface area contributed by atoms with E-state index in [1.54, 1.807) is 0 Å². The molecule has 3 aromatic carbocycles. The molecule has 4 aromatic rings. The van der Waals surface area contributed by atoms with Gasteiger partial charge in [-0.15, -0.1) is 0 Å². The second-order valence-corrected chi connectivity index (χ2v) is 6.76. The Morgan fingerprint density at radius 2 is 0.929 bits per heavy atom. The summed E-state index contributed by atoms with van der Waals surface area (Å²) in [6.45, 7) is 0.396. The molecule has 0 radical (unpaired) electrons. The fourth-order valence-corrected chi connectivity index (χ4v) is 3.84. The van der Waals surface area contributed by atoms with Gasteiger partial charge in [0.2, 0.25) is 0 Å². The van der Waals surface area contributed by atoms with Crippen molar-refractivity contribution in [1.29, 1.82) is 0 Å². The molecule has 28 heavy (non-hydrogen) atoms. The first-order chi connectivity index (χ1) is 13.8. The summed E-state index contributed by atoms with van der Waals surface area (Å²) < 4.78 is 2.06. The number of aromatic nitrogens is 1. The Kier molecular flexibility index (Phi) is 5.38. The summed E-state index contributed by atoms with van der Waals surface area (Å²) in [6, 6.07) is 30.3. The average Bonchev–Trinajstić information content (AvgIpc) is 3.08. The Morgan fingerprint density at radius 3 is 1.32 bits per heavy atom. The first-order valence-corrected chi connectivity index (χ1v) is 9.44. The van der Waals surface area contributed by atoms with Gasteiger partial charge < -0.3 is 14.8 Å². The molecule has 0 fully saturated rings. The van der Waals surface area contributed by atoms with Gasteiger partial charge in [-0.25, -0.2) is 0 Å². The molecule has 0 spiro atoms. The zero-order valence-corrected chi connectivity index (χ0v) is 15.6. The highest BCUT2D eigenvalue weighted by Gasteiger charge is 2.24. The third kappa shape index (κ3) is 3.38. The van der Waals surface area contributed by atoms with Gasteiger partial charge in [0.15, 0.2) is 0 Å². The van der Waals surface area contributed by atoms with E-state index in [1.807, 2.05) is 54.6 Å². The van der Waals surface area contributed by atoms with Gasteiger partial charge >= 0.3 is 0 Å². The summed E-state index contributed by atoms with van der Waals surface area (Å²) in [5, 5.41) is 20.6. The van der Waals surface area contributed by atoms with Crippen molar-refractivity contribution in [1.82, 2.24) is 4.57 Å². The maximum atomic E-state index is 10.3. The Hall–Kier alpha value is -3.14. The number of nitrogens with zero attached hydrogens (tertiary/aromatic N) is 1. The molecule has 140 valence electrons.